The van der Waals surface area contributed by atoms with Crippen LogP contribution in [0.3, 0.4) is 0 Å². The van der Waals surface area contributed by atoms with Gasteiger partial charge in [0.25, 0.3) is 0 Å². The monoisotopic (exact) mass is 385 g/mol. The number of benzene rings is 1. The summed E-state index contributed by atoms with van der Waals surface area (Å²) in [7, 11) is 0. The number of nitrogens with two attached hydrogens (primary N) is 1. The van der Waals surface area contributed by atoms with Gasteiger partial charge in [0.2, 0.25) is 0 Å². The summed E-state index contributed by atoms with van der Waals surface area (Å²) in [6, 6.07) is 13.3. The second kappa shape index (κ2) is 7.13. The molecule has 29 heavy (non-hydrogen) atoms. The van der Waals surface area contributed by atoms with Crippen LogP contribution in [0.15, 0.2) is 61.1 Å². The molecule has 6 heteroatoms. The highest BCUT2D eigenvalue weighted by Crippen LogP contribution is 2.31. The molecule has 4 aromatic rings. The standard InChI is InChI=1S/C23H23N5O/c1-23(2,3)13-20(29)15-6-8-16(9-7-15)28-19-10-12-25-14-18(19)27-22(28)17-5-4-11-26-21(17)24/h4-12,14H,13H2,1-3H3,(H2,24,26). The van der Waals surface area contributed by atoms with Crippen LogP contribution < -0.4 is 5.73 Å². The van der Waals surface area contributed by atoms with Gasteiger partial charge in [-0.3, -0.25) is 14.3 Å². The summed E-state index contributed by atoms with van der Waals surface area (Å²) in [5.74, 6) is 1.24. The van der Waals surface area contributed by atoms with Crippen molar-refractivity contribution < 1.29 is 4.79 Å². The Bertz CT molecular complexity index is 1190. The molecule has 0 amide bonds. The molecule has 0 saturated heterocycles. The number of rotatable bonds is 4. The molecule has 2 N–H and O–H groups in total. The first kappa shape index (κ1) is 18.8. The lowest BCUT2D eigenvalue weighted by Gasteiger charge is -2.17. The van der Waals surface area contributed by atoms with E-state index in [4.69, 9.17) is 10.7 Å². The van der Waals surface area contributed by atoms with Crippen LogP contribution in [0, 0.1) is 5.41 Å². The van der Waals surface area contributed by atoms with Gasteiger partial charge in [-0.25, -0.2) is 9.97 Å². The number of hydrogen-bond donors (Lipinski definition) is 1. The molecule has 0 atom stereocenters. The van der Waals surface area contributed by atoms with Gasteiger partial charge in [0.05, 0.1) is 17.3 Å². The molecule has 0 bridgehead atoms. The van der Waals surface area contributed by atoms with Crippen molar-refractivity contribution in [1.29, 1.82) is 0 Å². The van der Waals surface area contributed by atoms with E-state index < -0.39 is 0 Å². The van der Waals surface area contributed by atoms with Crippen molar-refractivity contribution in [2.24, 2.45) is 5.41 Å². The fourth-order valence-corrected chi connectivity index (χ4v) is 3.36. The highest BCUT2D eigenvalue weighted by molar-refractivity contribution is 5.96. The topological polar surface area (TPSA) is 86.7 Å². The molecule has 0 unspecified atom stereocenters. The molecule has 0 aliphatic heterocycles. The van der Waals surface area contributed by atoms with Crippen LogP contribution in [0.4, 0.5) is 5.82 Å². The number of carbonyl (C=O) groups is 1. The number of aromatic nitrogens is 4. The molecule has 0 spiro atoms. The Morgan fingerprint density at radius 1 is 1.07 bits per heavy atom. The largest absolute Gasteiger partial charge is 0.383 e. The van der Waals surface area contributed by atoms with Crippen LogP contribution in [0.2, 0.25) is 0 Å². The molecule has 0 fully saturated rings. The zero-order chi connectivity index (χ0) is 20.6. The molecule has 0 aliphatic carbocycles. The lowest BCUT2D eigenvalue weighted by Crippen LogP contribution is -2.13. The van der Waals surface area contributed by atoms with Crippen molar-refractivity contribution in [2.45, 2.75) is 27.2 Å². The van der Waals surface area contributed by atoms with E-state index in [9.17, 15) is 4.79 Å². The van der Waals surface area contributed by atoms with Crippen molar-refractivity contribution in [3.05, 3.63) is 66.6 Å². The van der Waals surface area contributed by atoms with E-state index in [2.05, 4.69) is 30.7 Å². The number of hydrogen-bond acceptors (Lipinski definition) is 5. The molecule has 0 saturated carbocycles. The summed E-state index contributed by atoms with van der Waals surface area (Å²) in [6.07, 6.45) is 5.62. The second-order valence-electron chi connectivity index (χ2n) is 8.28. The molecule has 3 heterocycles. The Kier molecular flexibility index (Phi) is 4.62. The summed E-state index contributed by atoms with van der Waals surface area (Å²) in [6.45, 7) is 6.19. The van der Waals surface area contributed by atoms with Crippen LogP contribution in [-0.4, -0.2) is 25.3 Å². The molecular weight excluding hydrogens is 362 g/mol. The van der Waals surface area contributed by atoms with Gasteiger partial charge in [0.1, 0.15) is 17.2 Å². The minimum absolute atomic E-state index is 0.0473. The first-order valence-corrected chi connectivity index (χ1v) is 9.50. The molecule has 1 aromatic carbocycles. The summed E-state index contributed by atoms with van der Waals surface area (Å²) < 4.78 is 2.02. The van der Waals surface area contributed by atoms with Crippen LogP contribution in [0.5, 0.6) is 0 Å². The number of carbonyl (C=O) groups excluding carboxylic acids is 1. The van der Waals surface area contributed by atoms with E-state index in [0.29, 0.717) is 23.6 Å². The Hall–Kier alpha value is -3.54. The number of nitrogen functional groups attached to an aromatic ring is 1. The fourth-order valence-electron chi connectivity index (χ4n) is 3.36. The summed E-state index contributed by atoms with van der Waals surface area (Å²) >= 11 is 0. The van der Waals surface area contributed by atoms with E-state index in [1.54, 1.807) is 18.6 Å². The van der Waals surface area contributed by atoms with Gasteiger partial charge >= 0.3 is 0 Å². The van der Waals surface area contributed by atoms with Crippen LogP contribution in [-0.2, 0) is 0 Å². The second-order valence-corrected chi connectivity index (χ2v) is 8.28. The highest BCUT2D eigenvalue weighted by Gasteiger charge is 2.19. The van der Waals surface area contributed by atoms with Crippen molar-refractivity contribution in [1.82, 2.24) is 19.5 Å². The third-order valence-corrected chi connectivity index (χ3v) is 4.67. The number of fused-ring (bicyclic) bond motifs is 1. The van der Waals surface area contributed by atoms with E-state index in [0.717, 1.165) is 22.3 Å². The number of pyridine rings is 2. The Morgan fingerprint density at radius 3 is 2.52 bits per heavy atom. The number of Topliss-reactive ketones (excluding diaryl/α,β-unsaturated/α-hetero) is 1. The third kappa shape index (κ3) is 3.74. The SMILES string of the molecule is CC(C)(C)CC(=O)c1ccc(-n2c(-c3cccnc3N)nc3cnccc32)cc1. The van der Waals surface area contributed by atoms with Crippen LogP contribution in [0.25, 0.3) is 28.1 Å². The van der Waals surface area contributed by atoms with E-state index >= 15 is 0 Å². The maximum Gasteiger partial charge on any atom is 0.163 e. The predicted octanol–water partition coefficient (Wildman–Crippen LogP) is 4.68. The summed E-state index contributed by atoms with van der Waals surface area (Å²) in [5.41, 5.74) is 10.1. The Labute approximate surface area is 169 Å². The molecule has 6 nitrogen and oxygen atoms in total. The van der Waals surface area contributed by atoms with Gasteiger partial charge in [-0.1, -0.05) is 20.8 Å². The lowest BCUT2D eigenvalue weighted by molar-refractivity contribution is 0.0940. The minimum Gasteiger partial charge on any atom is -0.383 e. The summed E-state index contributed by atoms with van der Waals surface area (Å²) in [5, 5.41) is 0. The molecule has 0 aliphatic rings. The van der Waals surface area contributed by atoms with Crippen molar-refractivity contribution >= 4 is 22.6 Å². The van der Waals surface area contributed by atoms with Crippen molar-refractivity contribution in [3.8, 4) is 17.1 Å². The smallest absolute Gasteiger partial charge is 0.163 e. The van der Waals surface area contributed by atoms with Gasteiger partial charge in [-0.05, 0) is 47.9 Å². The van der Waals surface area contributed by atoms with Gasteiger partial charge in [0, 0.05) is 30.1 Å². The van der Waals surface area contributed by atoms with Crippen molar-refractivity contribution in [3.63, 3.8) is 0 Å². The van der Waals surface area contributed by atoms with Crippen molar-refractivity contribution in [2.75, 3.05) is 5.73 Å². The fraction of sp³-hybridized carbons (Fsp3) is 0.217. The van der Waals surface area contributed by atoms with Gasteiger partial charge < -0.3 is 5.73 Å². The zero-order valence-corrected chi connectivity index (χ0v) is 16.8. The molecule has 3 aromatic heterocycles. The van der Waals surface area contributed by atoms with Crippen LogP contribution >= 0.6 is 0 Å². The van der Waals surface area contributed by atoms with E-state index in [1.807, 2.05) is 47.0 Å². The Balaban J connectivity index is 1.83. The van der Waals surface area contributed by atoms with Gasteiger partial charge in [-0.15, -0.1) is 0 Å². The molecule has 4 rings (SSSR count). The average Bonchev–Trinajstić information content (AvgIpc) is 3.06. The first-order valence-electron chi connectivity index (χ1n) is 9.50. The van der Waals surface area contributed by atoms with Gasteiger partial charge in [-0.2, -0.15) is 0 Å². The average molecular weight is 385 g/mol. The molecular formula is C23H23N5O. The minimum atomic E-state index is -0.0473. The number of nitrogens with zero attached hydrogens (tertiary/aromatic N) is 4. The highest BCUT2D eigenvalue weighted by atomic mass is 16.1. The first-order chi connectivity index (χ1) is 13.8. The van der Waals surface area contributed by atoms with E-state index in [1.165, 1.54) is 0 Å². The maximum absolute atomic E-state index is 12.6. The normalized spacial score (nSPS) is 11.7. The van der Waals surface area contributed by atoms with Gasteiger partial charge in [0.15, 0.2) is 5.78 Å². The van der Waals surface area contributed by atoms with Crippen LogP contribution in [0.1, 0.15) is 37.6 Å². The predicted molar refractivity (Wildman–Crippen MR) is 115 cm³/mol. The third-order valence-electron chi connectivity index (χ3n) is 4.67. The van der Waals surface area contributed by atoms with E-state index in [-0.39, 0.29) is 11.2 Å². The lowest BCUT2D eigenvalue weighted by atomic mass is 9.88. The summed E-state index contributed by atoms with van der Waals surface area (Å²) in [4.78, 5) is 25.7. The number of ketones is 1. The zero-order valence-electron chi connectivity index (χ0n) is 16.8. The number of imidazole rings is 1. The quantitative estimate of drug-likeness (QED) is 0.515. The number of anilines is 1. The molecule has 146 valence electrons. The maximum atomic E-state index is 12.6. The Morgan fingerprint density at radius 2 is 1.83 bits per heavy atom. The molecule has 0 radical (unpaired) electrons.